The van der Waals surface area contributed by atoms with Gasteiger partial charge in [-0.2, -0.15) is 0 Å². The Morgan fingerprint density at radius 2 is 2.13 bits per heavy atom. The lowest BCUT2D eigenvalue weighted by Crippen LogP contribution is -1.79. The molecule has 1 rings (SSSR count). The summed E-state index contributed by atoms with van der Waals surface area (Å²) in [7, 11) is 7.08. The average molecular weight is 291 g/mol. The third-order valence-corrected chi connectivity index (χ3v) is 12.4. The van der Waals surface area contributed by atoms with E-state index in [-0.39, 0.29) is 0 Å². The highest BCUT2D eigenvalue weighted by Gasteiger charge is 1.89. The third-order valence-electron chi connectivity index (χ3n) is 1.82. The molecule has 6 heteroatoms. The Morgan fingerprint density at radius 1 is 1.20 bits per heavy atom. The summed E-state index contributed by atoms with van der Waals surface area (Å²) in [6, 6.07) is 4.34. The van der Waals surface area contributed by atoms with Gasteiger partial charge in [-0.05, 0) is 39.6 Å². The van der Waals surface area contributed by atoms with Crippen molar-refractivity contribution in [3.8, 4) is 0 Å². The van der Waals surface area contributed by atoms with E-state index in [0.717, 1.165) is 0 Å². The van der Waals surface area contributed by atoms with E-state index in [2.05, 4.69) is 23.8 Å². The Labute approximate surface area is 99.6 Å². The second kappa shape index (κ2) is 9.97. The lowest BCUT2D eigenvalue weighted by Gasteiger charge is -1.95. The molecule has 0 atom stereocenters. The van der Waals surface area contributed by atoms with Crippen LogP contribution >= 0.6 is 38.5 Å². The van der Waals surface area contributed by atoms with Crippen LogP contribution < -0.4 is 0 Å². The van der Waals surface area contributed by atoms with Crippen LogP contribution in [0.15, 0.2) is 18.3 Å². The third kappa shape index (κ3) is 7.64. The Balaban J connectivity index is 2.70. The van der Waals surface area contributed by atoms with Gasteiger partial charge in [-0.3, -0.25) is 0 Å². The van der Waals surface area contributed by atoms with Crippen molar-refractivity contribution in [2.75, 3.05) is 0 Å². The van der Waals surface area contributed by atoms with Gasteiger partial charge >= 0.3 is 0 Å². The second-order valence-corrected chi connectivity index (χ2v) is 12.3. The van der Waals surface area contributed by atoms with Crippen molar-refractivity contribution in [1.29, 1.82) is 0 Å². The summed E-state index contributed by atoms with van der Waals surface area (Å²) in [5, 5.41) is 1.57. The molecule has 1 nitrogen and oxygen atoms in total. The maximum atomic E-state index is 4.28. The molecule has 0 bridgehead atoms. The maximum Gasteiger partial charge on any atom is 0.0746 e. The van der Waals surface area contributed by atoms with Gasteiger partial charge < -0.3 is 0 Å². The maximum absolute atomic E-state index is 4.28. The quantitative estimate of drug-likeness (QED) is 0.553. The standard InChI is InChI=1S/C9H14NP5/c1-2-3-4-6-9-7-5-8-10-12-14-15-13-11-9/h5,7-8H,2-4,6H2,1H3. The number of rotatable bonds is 4. The number of hydrogen-bond donors (Lipinski definition) is 0. The van der Waals surface area contributed by atoms with Gasteiger partial charge in [0.25, 0.3) is 0 Å². The van der Waals surface area contributed by atoms with Gasteiger partial charge in [0.15, 0.2) is 0 Å². The molecule has 0 spiro atoms. The molecule has 80 valence electrons. The van der Waals surface area contributed by atoms with Gasteiger partial charge in [-0.1, -0.05) is 25.8 Å². The first-order chi connectivity index (χ1) is 7.43. The fourth-order valence-corrected chi connectivity index (χ4v) is 11.8. The van der Waals surface area contributed by atoms with Crippen LogP contribution in [0.1, 0.15) is 31.5 Å². The van der Waals surface area contributed by atoms with Crippen LogP contribution in [0.2, 0.25) is 0 Å². The topological polar surface area (TPSA) is 12.9 Å². The number of aromatic nitrogens is 1. The first-order valence-electron chi connectivity index (χ1n) is 5.00. The van der Waals surface area contributed by atoms with Crippen molar-refractivity contribution in [2.24, 2.45) is 0 Å². The second-order valence-electron chi connectivity index (χ2n) is 3.03. The van der Waals surface area contributed by atoms with E-state index >= 15 is 0 Å². The Hall–Kier alpha value is 0.780. The highest BCUT2D eigenvalue weighted by Crippen LogP contribution is 2.37. The molecular formula is C9H14NP5. The Bertz CT molecular complexity index is 307. The first-order valence-corrected chi connectivity index (χ1v) is 12.2. The molecule has 0 saturated carbocycles. The molecule has 0 radical (unpaired) electrons. The lowest BCUT2D eigenvalue weighted by molar-refractivity contribution is 0.722. The van der Waals surface area contributed by atoms with E-state index in [1.165, 1.54) is 64.2 Å². The van der Waals surface area contributed by atoms with Crippen LogP contribution in [0.25, 0.3) is 0 Å². The minimum atomic E-state index is 1.18. The van der Waals surface area contributed by atoms with Gasteiger partial charge in [0.1, 0.15) is 0 Å². The highest BCUT2D eigenvalue weighted by molar-refractivity contribution is 8.36. The summed E-state index contributed by atoms with van der Waals surface area (Å²) in [4.78, 5) is 0. The zero-order valence-corrected chi connectivity index (χ0v) is 13.2. The summed E-state index contributed by atoms with van der Waals surface area (Å²) in [5.41, 5.74) is 0. The zero-order chi connectivity index (χ0) is 10.8. The lowest BCUT2D eigenvalue weighted by atomic mass is 10.2. The summed E-state index contributed by atoms with van der Waals surface area (Å²) in [6.45, 7) is 2.26. The van der Waals surface area contributed by atoms with Crippen molar-refractivity contribution in [2.45, 2.75) is 32.6 Å². The van der Waals surface area contributed by atoms with Crippen LogP contribution in [-0.2, 0) is 6.42 Å². The molecule has 0 amide bonds. The van der Waals surface area contributed by atoms with Crippen molar-refractivity contribution >= 4 is 38.5 Å². The molecule has 1 heterocycles. The summed E-state index contributed by atoms with van der Waals surface area (Å²) < 4.78 is 4.28. The van der Waals surface area contributed by atoms with Gasteiger partial charge in [-0.25, -0.2) is 4.75 Å². The van der Waals surface area contributed by atoms with E-state index in [1.807, 2.05) is 6.20 Å². The molecule has 15 heavy (non-hydrogen) atoms. The monoisotopic (exact) mass is 291 g/mol. The zero-order valence-electron chi connectivity index (χ0n) is 8.74. The molecule has 0 aliphatic heterocycles. The Morgan fingerprint density at radius 3 is 3.00 bits per heavy atom. The van der Waals surface area contributed by atoms with E-state index in [1.54, 1.807) is 5.30 Å². The molecule has 0 aliphatic carbocycles. The molecule has 1 aromatic rings. The van der Waals surface area contributed by atoms with Crippen molar-refractivity contribution in [3.63, 3.8) is 0 Å². The number of unbranched alkanes of at least 4 members (excludes halogenated alkanes) is 2. The largest absolute Gasteiger partial charge is 0.230 e. The highest BCUT2D eigenvalue weighted by atomic mass is 32.4. The molecule has 0 aromatic carbocycles. The van der Waals surface area contributed by atoms with E-state index < -0.39 is 0 Å². The minimum Gasteiger partial charge on any atom is -0.230 e. The summed E-state index contributed by atoms with van der Waals surface area (Å²) in [6.07, 6.45) is 7.19. The first kappa shape index (κ1) is 13.8. The molecule has 0 unspecified atom stereocenters. The van der Waals surface area contributed by atoms with Crippen molar-refractivity contribution in [1.82, 2.24) is 4.75 Å². The molecule has 0 fully saturated rings. The van der Waals surface area contributed by atoms with Crippen LogP contribution in [0.4, 0.5) is 0 Å². The number of hydrogen-bond acceptors (Lipinski definition) is 1. The van der Waals surface area contributed by atoms with Crippen molar-refractivity contribution in [3.05, 3.63) is 23.6 Å². The predicted octanol–water partition coefficient (Wildman–Crippen LogP) is 6.84. The van der Waals surface area contributed by atoms with Crippen LogP contribution in [0, 0.1) is 0 Å². The van der Waals surface area contributed by atoms with E-state index in [0.29, 0.717) is 0 Å². The minimum absolute atomic E-state index is 1.18. The average Bonchev–Trinajstić information content (AvgIpc) is 2.27. The number of aryl methyl sites for hydroxylation is 1. The fraction of sp³-hybridized carbons (Fsp3) is 0.556. The molecule has 0 saturated heterocycles. The van der Waals surface area contributed by atoms with Crippen molar-refractivity contribution < 1.29 is 0 Å². The van der Waals surface area contributed by atoms with Gasteiger partial charge in [-0.15, -0.1) is 0 Å². The van der Waals surface area contributed by atoms with E-state index in [9.17, 15) is 0 Å². The number of nitrogens with zero attached hydrogens (tertiary/aromatic N) is 1. The van der Waals surface area contributed by atoms with Gasteiger partial charge in [0.2, 0.25) is 0 Å². The SMILES string of the molecule is CCCCCc1cccnppppp1. The predicted molar refractivity (Wildman–Crippen MR) is 77.7 cm³/mol. The Kier molecular flexibility index (Phi) is 9.20. The van der Waals surface area contributed by atoms with Crippen LogP contribution in [-0.4, -0.2) is 4.75 Å². The smallest absolute Gasteiger partial charge is 0.0746 e. The normalized spacial score (nSPS) is 12.1. The molecule has 0 aliphatic rings. The van der Waals surface area contributed by atoms with E-state index in [4.69, 9.17) is 0 Å². The summed E-state index contributed by atoms with van der Waals surface area (Å²) >= 11 is 0. The summed E-state index contributed by atoms with van der Waals surface area (Å²) in [5.74, 6) is 0. The van der Waals surface area contributed by atoms with Crippen LogP contribution in [0.3, 0.4) is 0 Å². The molecule has 1 aromatic heterocycles. The van der Waals surface area contributed by atoms with Gasteiger partial charge in [0, 0.05) is 21.3 Å². The molecular weight excluding hydrogens is 277 g/mol. The van der Waals surface area contributed by atoms with Gasteiger partial charge in [0.05, 0.1) is 8.03 Å². The molecule has 0 N–H and O–H groups in total. The van der Waals surface area contributed by atoms with Crippen LogP contribution in [0.5, 0.6) is 0 Å². The fourth-order valence-electron chi connectivity index (χ4n) is 1.08.